The topological polar surface area (TPSA) is 68.2 Å². The Balaban J connectivity index is 1.66. The van der Waals surface area contributed by atoms with Gasteiger partial charge in [-0.3, -0.25) is 0 Å². The van der Waals surface area contributed by atoms with Gasteiger partial charge in [0.2, 0.25) is 6.79 Å². The number of ether oxygens (including phenoxy) is 3. The molecule has 3 rings (SSSR count). The zero-order valence-corrected chi connectivity index (χ0v) is 13.7. The Labute approximate surface area is 135 Å². The number of nitrogens with zero attached hydrogens (tertiary/aromatic N) is 1. The van der Waals surface area contributed by atoms with Crippen molar-refractivity contribution >= 4 is 6.09 Å². The van der Waals surface area contributed by atoms with Gasteiger partial charge in [0.25, 0.3) is 0 Å². The normalized spacial score (nSPS) is 23.7. The number of carbonyl (C=O) groups excluding carboxylic acids is 1. The highest BCUT2D eigenvalue weighted by atomic mass is 16.7. The third kappa shape index (κ3) is 3.52. The monoisotopic (exact) mass is 321 g/mol. The average molecular weight is 321 g/mol. The summed E-state index contributed by atoms with van der Waals surface area (Å²) in [7, 11) is 0. The summed E-state index contributed by atoms with van der Waals surface area (Å²) in [5.74, 6) is 1.42. The van der Waals surface area contributed by atoms with Crippen molar-refractivity contribution in [3.8, 4) is 11.5 Å². The largest absolute Gasteiger partial charge is 0.454 e. The smallest absolute Gasteiger partial charge is 0.410 e. The van der Waals surface area contributed by atoms with Gasteiger partial charge in [-0.25, -0.2) is 4.79 Å². The zero-order chi connectivity index (χ0) is 16.6. The molecular formula is C17H23NO5. The predicted octanol–water partition coefficient (Wildman–Crippen LogP) is 2.50. The number of aliphatic hydroxyl groups excluding tert-OH is 1. The molecule has 0 radical (unpaired) electrons. The molecule has 2 atom stereocenters. The highest BCUT2D eigenvalue weighted by molar-refractivity contribution is 5.68. The van der Waals surface area contributed by atoms with Crippen molar-refractivity contribution < 1.29 is 24.1 Å². The van der Waals surface area contributed by atoms with E-state index < -0.39 is 11.7 Å². The summed E-state index contributed by atoms with van der Waals surface area (Å²) >= 11 is 0. The molecule has 1 amide bonds. The minimum Gasteiger partial charge on any atom is -0.454 e. The average Bonchev–Trinajstić information content (AvgIpc) is 2.92. The van der Waals surface area contributed by atoms with Gasteiger partial charge in [0.15, 0.2) is 11.5 Å². The van der Waals surface area contributed by atoms with Gasteiger partial charge in [-0.2, -0.15) is 0 Å². The van der Waals surface area contributed by atoms with Crippen molar-refractivity contribution in [3.63, 3.8) is 0 Å². The van der Waals surface area contributed by atoms with Gasteiger partial charge in [-0.05, 0) is 44.9 Å². The lowest BCUT2D eigenvalue weighted by atomic mass is 9.87. The molecule has 1 aromatic rings. The van der Waals surface area contributed by atoms with E-state index in [1.807, 2.05) is 39.0 Å². The van der Waals surface area contributed by atoms with Crippen LogP contribution in [0, 0.1) is 0 Å². The van der Waals surface area contributed by atoms with Crippen molar-refractivity contribution in [1.29, 1.82) is 0 Å². The summed E-state index contributed by atoms with van der Waals surface area (Å²) in [6.07, 6.45) is -0.322. The Hall–Kier alpha value is -1.95. The number of rotatable bonds is 1. The van der Waals surface area contributed by atoms with E-state index in [1.165, 1.54) is 0 Å². The standard InChI is InChI=1S/C17H23NO5/c1-17(2,3)23-16(20)18-7-6-12(13(19)9-18)11-4-5-14-15(8-11)22-10-21-14/h4-5,8,12-13,19H,6-7,9-10H2,1-3H3/t12-,13+/m0/s1. The maximum absolute atomic E-state index is 12.1. The molecule has 2 heterocycles. The van der Waals surface area contributed by atoms with Gasteiger partial charge in [-0.15, -0.1) is 0 Å². The van der Waals surface area contributed by atoms with E-state index in [9.17, 15) is 9.90 Å². The van der Waals surface area contributed by atoms with Crippen molar-refractivity contribution in [3.05, 3.63) is 23.8 Å². The minimum absolute atomic E-state index is 0.0248. The first-order chi connectivity index (χ1) is 10.8. The van der Waals surface area contributed by atoms with E-state index in [2.05, 4.69) is 0 Å². The van der Waals surface area contributed by atoms with Crippen LogP contribution in [0.5, 0.6) is 11.5 Å². The number of carbonyl (C=O) groups is 1. The first-order valence-corrected chi connectivity index (χ1v) is 7.89. The summed E-state index contributed by atoms with van der Waals surface area (Å²) in [5, 5.41) is 10.5. The Bertz CT molecular complexity index is 595. The van der Waals surface area contributed by atoms with Crippen LogP contribution in [0.3, 0.4) is 0 Å². The second-order valence-corrected chi connectivity index (χ2v) is 7.00. The van der Waals surface area contributed by atoms with E-state index in [0.29, 0.717) is 18.7 Å². The van der Waals surface area contributed by atoms with Crippen LogP contribution in [0.15, 0.2) is 18.2 Å². The van der Waals surface area contributed by atoms with E-state index >= 15 is 0 Å². The fourth-order valence-electron chi connectivity index (χ4n) is 2.96. The summed E-state index contributed by atoms with van der Waals surface area (Å²) in [4.78, 5) is 13.7. The Kier molecular flexibility index (Phi) is 4.10. The number of piperidine rings is 1. The van der Waals surface area contributed by atoms with E-state index in [-0.39, 0.29) is 25.3 Å². The van der Waals surface area contributed by atoms with Crippen LogP contribution in [0.25, 0.3) is 0 Å². The Morgan fingerprint density at radius 2 is 2.04 bits per heavy atom. The molecule has 126 valence electrons. The molecule has 0 spiro atoms. The molecule has 0 aromatic heterocycles. The minimum atomic E-state index is -0.628. The lowest BCUT2D eigenvalue weighted by Gasteiger charge is -2.36. The van der Waals surface area contributed by atoms with Gasteiger partial charge in [-0.1, -0.05) is 6.07 Å². The van der Waals surface area contributed by atoms with Crippen LogP contribution in [0.1, 0.15) is 38.7 Å². The molecule has 1 aromatic carbocycles. The molecular weight excluding hydrogens is 298 g/mol. The highest BCUT2D eigenvalue weighted by Gasteiger charge is 2.33. The number of hydrogen-bond donors (Lipinski definition) is 1. The lowest BCUT2D eigenvalue weighted by Crippen LogP contribution is -2.47. The quantitative estimate of drug-likeness (QED) is 0.861. The van der Waals surface area contributed by atoms with Gasteiger partial charge >= 0.3 is 6.09 Å². The molecule has 23 heavy (non-hydrogen) atoms. The molecule has 1 saturated heterocycles. The van der Waals surface area contributed by atoms with Crippen LogP contribution in [0.2, 0.25) is 0 Å². The molecule has 0 aliphatic carbocycles. The molecule has 2 aliphatic heterocycles. The number of aliphatic hydroxyl groups is 1. The number of β-amino-alcohol motifs (C(OH)–C–C–N with tert-alkyl or cyclic N) is 1. The Morgan fingerprint density at radius 3 is 2.74 bits per heavy atom. The number of amides is 1. The van der Waals surface area contributed by atoms with Gasteiger partial charge in [0.05, 0.1) is 12.6 Å². The third-order valence-electron chi connectivity index (χ3n) is 4.06. The number of hydrogen-bond acceptors (Lipinski definition) is 5. The summed E-state index contributed by atoms with van der Waals surface area (Å²) in [5.41, 5.74) is 0.474. The molecule has 0 saturated carbocycles. The predicted molar refractivity (Wildman–Crippen MR) is 83.7 cm³/mol. The van der Waals surface area contributed by atoms with Gasteiger partial charge < -0.3 is 24.2 Å². The Morgan fingerprint density at radius 1 is 1.30 bits per heavy atom. The summed E-state index contributed by atoms with van der Waals surface area (Å²) < 4.78 is 16.1. The van der Waals surface area contributed by atoms with Crippen LogP contribution in [-0.2, 0) is 4.74 Å². The molecule has 1 fully saturated rings. The van der Waals surface area contributed by atoms with E-state index in [4.69, 9.17) is 14.2 Å². The zero-order valence-electron chi connectivity index (χ0n) is 13.7. The third-order valence-corrected chi connectivity index (χ3v) is 4.06. The van der Waals surface area contributed by atoms with Crippen molar-refractivity contribution in [1.82, 2.24) is 4.90 Å². The van der Waals surface area contributed by atoms with Crippen molar-refractivity contribution in [2.24, 2.45) is 0 Å². The van der Waals surface area contributed by atoms with Crippen molar-refractivity contribution in [2.75, 3.05) is 19.9 Å². The molecule has 0 bridgehead atoms. The van der Waals surface area contributed by atoms with Crippen LogP contribution >= 0.6 is 0 Å². The van der Waals surface area contributed by atoms with Gasteiger partial charge in [0.1, 0.15) is 5.60 Å². The second-order valence-electron chi connectivity index (χ2n) is 7.00. The van der Waals surface area contributed by atoms with Crippen LogP contribution in [0.4, 0.5) is 4.79 Å². The van der Waals surface area contributed by atoms with Crippen molar-refractivity contribution in [2.45, 2.75) is 44.8 Å². The fraction of sp³-hybridized carbons (Fsp3) is 0.588. The highest BCUT2D eigenvalue weighted by Crippen LogP contribution is 2.37. The maximum atomic E-state index is 12.1. The van der Waals surface area contributed by atoms with Crippen LogP contribution < -0.4 is 9.47 Å². The molecule has 2 aliphatic rings. The first-order valence-electron chi connectivity index (χ1n) is 7.89. The molecule has 6 nitrogen and oxygen atoms in total. The van der Waals surface area contributed by atoms with Gasteiger partial charge in [0, 0.05) is 12.5 Å². The SMILES string of the molecule is CC(C)(C)OC(=O)N1CC[C@@H](c2ccc3c(c2)OCO3)[C@H](O)C1. The molecule has 0 unspecified atom stereocenters. The first kappa shape index (κ1) is 15.9. The second kappa shape index (κ2) is 5.92. The summed E-state index contributed by atoms with van der Waals surface area (Å²) in [6, 6.07) is 5.73. The number of benzene rings is 1. The lowest BCUT2D eigenvalue weighted by molar-refractivity contribution is -0.00153. The maximum Gasteiger partial charge on any atom is 0.410 e. The fourth-order valence-corrected chi connectivity index (χ4v) is 2.96. The van der Waals surface area contributed by atoms with E-state index in [1.54, 1.807) is 4.90 Å². The van der Waals surface area contributed by atoms with Crippen LogP contribution in [-0.4, -0.2) is 47.7 Å². The van der Waals surface area contributed by atoms with E-state index in [0.717, 1.165) is 11.3 Å². The summed E-state index contributed by atoms with van der Waals surface area (Å²) in [6.45, 7) is 6.57. The molecule has 1 N–H and O–H groups in total. The molecule has 6 heteroatoms. The number of fused-ring (bicyclic) bond motifs is 1. The number of likely N-dealkylation sites (tertiary alicyclic amines) is 1.